The summed E-state index contributed by atoms with van der Waals surface area (Å²) in [5.41, 5.74) is -0.884. The summed E-state index contributed by atoms with van der Waals surface area (Å²) in [4.78, 5) is 12.2. The maximum Gasteiger partial charge on any atom is 0.417 e. The number of anilines is 1. The lowest BCUT2D eigenvalue weighted by Crippen LogP contribution is -2.20. The lowest BCUT2D eigenvalue weighted by Gasteiger charge is -2.13. The van der Waals surface area contributed by atoms with E-state index in [1.165, 1.54) is 22.9 Å². The Morgan fingerprint density at radius 2 is 2.09 bits per heavy atom. The fraction of sp³-hybridized carbons (Fsp3) is 0.267. The highest BCUT2D eigenvalue weighted by molar-refractivity contribution is 6.05. The Bertz CT molecular complexity index is 759. The lowest BCUT2D eigenvalue weighted by molar-refractivity contribution is -0.137. The number of alkyl halides is 3. The van der Waals surface area contributed by atoms with Gasteiger partial charge in [0.1, 0.15) is 5.82 Å². The Hall–Kier alpha value is -2.82. The molecule has 0 unspecified atom stereocenters. The summed E-state index contributed by atoms with van der Waals surface area (Å²) < 4.78 is 40.3. The first-order chi connectivity index (χ1) is 10.8. The second-order valence-electron chi connectivity index (χ2n) is 4.80. The van der Waals surface area contributed by atoms with Crippen molar-refractivity contribution in [3.05, 3.63) is 47.2 Å². The molecule has 0 aliphatic rings. The monoisotopic (exact) mass is 322 g/mol. The van der Waals surface area contributed by atoms with Crippen molar-refractivity contribution in [2.45, 2.75) is 26.1 Å². The molecule has 1 aromatic heterocycles. The largest absolute Gasteiger partial charge is 0.417 e. The first-order valence-electron chi connectivity index (χ1n) is 6.72. The Morgan fingerprint density at radius 3 is 2.74 bits per heavy atom. The van der Waals surface area contributed by atoms with Crippen molar-refractivity contribution in [2.75, 3.05) is 5.32 Å². The number of amides is 1. The number of nitrogens with zero attached hydrogens (tertiary/aromatic N) is 3. The number of carbonyl (C=O) groups is 1. The van der Waals surface area contributed by atoms with Gasteiger partial charge in [0.25, 0.3) is 5.91 Å². The van der Waals surface area contributed by atoms with Crippen LogP contribution in [0.25, 0.3) is 0 Å². The van der Waals surface area contributed by atoms with Crippen LogP contribution >= 0.6 is 0 Å². The third kappa shape index (κ3) is 3.88. The molecule has 1 amide bonds. The normalized spacial score (nSPS) is 11.1. The third-order valence-electron chi connectivity index (χ3n) is 3.06. The van der Waals surface area contributed by atoms with E-state index in [9.17, 15) is 18.0 Å². The van der Waals surface area contributed by atoms with E-state index in [2.05, 4.69) is 10.4 Å². The van der Waals surface area contributed by atoms with Gasteiger partial charge in [0.2, 0.25) is 0 Å². The van der Waals surface area contributed by atoms with Gasteiger partial charge in [-0.3, -0.25) is 4.79 Å². The van der Waals surface area contributed by atoms with Crippen molar-refractivity contribution in [1.82, 2.24) is 9.78 Å². The molecule has 5 nitrogen and oxygen atoms in total. The van der Waals surface area contributed by atoms with Gasteiger partial charge in [-0.15, -0.1) is 0 Å². The summed E-state index contributed by atoms with van der Waals surface area (Å²) >= 11 is 0. The molecule has 23 heavy (non-hydrogen) atoms. The van der Waals surface area contributed by atoms with Crippen LogP contribution < -0.4 is 5.32 Å². The minimum absolute atomic E-state index is 0.170. The quantitative estimate of drug-likeness (QED) is 0.938. The van der Waals surface area contributed by atoms with Crippen molar-refractivity contribution in [3.8, 4) is 6.07 Å². The number of nitrogens with one attached hydrogen (secondary N) is 1. The van der Waals surface area contributed by atoms with Crippen molar-refractivity contribution in [2.24, 2.45) is 0 Å². The molecule has 0 aliphatic carbocycles. The molecule has 0 bridgehead atoms. The number of hydrogen-bond donors (Lipinski definition) is 1. The Labute approximate surface area is 130 Å². The van der Waals surface area contributed by atoms with Gasteiger partial charge in [0.05, 0.1) is 35.9 Å². The molecule has 1 aromatic carbocycles. The fourth-order valence-corrected chi connectivity index (χ4v) is 2.08. The smallest absolute Gasteiger partial charge is 0.307 e. The topological polar surface area (TPSA) is 70.7 Å². The van der Waals surface area contributed by atoms with Crippen LogP contribution in [0.1, 0.15) is 28.0 Å². The molecule has 120 valence electrons. The van der Waals surface area contributed by atoms with E-state index < -0.39 is 23.2 Å². The number of carbonyl (C=O) groups excluding carboxylic acids is 1. The zero-order chi connectivity index (χ0) is 17.0. The van der Waals surface area contributed by atoms with Crippen molar-refractivity contribution in [1.29, 1.82) is 5.26 Å². The van der Waals surface area contributed by atoms with E-state index in [1.807, 2.05) is 6.07 Å². The second kappa shape index (κ2) is 6.52. The first kappa shape index (κ1) is 16.5. The summed E-state index contributed by atoms with van der Waals surface area (Å²) in [6.07, 6.45) is -4.45. The van der Waals surface area contributed by atoms with Gasteiger partial charge in [-0.25, -0.2) is 4.68 Å². The van der Waals surface area contributed by atoms with E-state index in [0.29, 0.717) is 5.69 Å². The minimum Gasteiger partial charge on any atom is -0.307 e. The molecule has 1 N–H and O–H groups in total. The molecule has 0 spiro atoms. The summed E-state index contributed by atoms with van der Waals surface area (Å²) in [5.74, 6) is -0.629. The van der Waals surface area contributed by atoms with Gasteiger partial charge in [-0.2, -0.15) is 23.5 Å². The number of halogens is 3. The highest BCUT2D eigenvalue weighted by atomic mass is 19.4. The number of aryl methyl sites for hydroxylation is 2. The van der Waals surface area contributed by atoms with E-state index in [0.717, 1.165) is 12.1 Å². The average molecular weight is 322 g/mol. The second-order valence-corrected chi connectivity index (χ2v) is 4.80. The molecule has 0 saturated heterocycles. The van der Waals surface area contributed by atoms with E-state index in [4.69, 9.17) is 5.26 Å². The molecule has 0 atom stereocenters. The highest BCUT2D eigenvalue weighted by Crippen LogP contribution is 2.32. The molecule has 0 aliphatic heterocycles. The maximum atomic E-state index is 13.0. The van der Waals surface area contributed by atoms with Gasteiger partial charge in [-0.05, 0) is 19.1 Å². The van der Waals surface area contributed by atoms with Crippen LogP contribution in [0.3, 0.4) is 0 Å². The molecular weight excluding hydrogens is 309 g/mol. The molecule has 2 aromatic rings. The molecule has 0 radical (unpaired) electrons. The number of hydrogen-bond acceptors (Lipinski definition) is 3. The Morgan fingerprint density at radius 1 is 1.39 bits per heavy atom. The lowest BCUT2D eigenvalue weighted by atomic mass is 10.1. The maximum absolute atomic E-state index is 13.0. The predicted molar refractivity (Wildman–Crippen MR) is 76.6 cm³/mol. The minimum atomic E-state index is -4.62. The molecule has 0 fully saturated rings. The van der Waals surface area contributed by atoms with Crippen LogP contribution in [0, 0.1) is 18.3 Å². The van der Waals surface area contributed by atoms with Crippen LogP contribution in [-0.2, 0) is 12.7 Å². The Balaban J connectivity index is 2.29. The molecule has 8 heteroatoms. The number of nitriles is 1. The van der Waals surface area contributed by atoms with Crippen LogP contribution in [0.5, 0.6) is 0 Å². The fourth-order valence-electron chi connectivity index (χ4n) is 2.08. The summed E-state index contributed by atoms with van der Waals surface area (Å²) in [7, 11) is 0. The standard InChI is InChI=1S/C15H13F3N4O/c1-10-9-13(22(21-10)8-4-7-19)20-14(23)11-5-2-3-6-12(11)15(16,17)18/h2-3,5-6,9H,4,8H2,1H3,(H,20,23). The van der Waals surface area contributed by atoms with Crippen molar-refractivity contribution >= 4 is 11.7 Å². The van der Waals surface area contributed by atoms with Gasteiger partial charge < -0.3 is 5.32 Å². The molecule has 1 heterocycles. The summed E-state index contributed by atoms with van der Waals surface area (Å²) in [5, 5.41) is 15.1. The number of aromatic nitrogens is 2. The summed E-state index contributed by atoms with van der Waals surface area (Å²) in [6.45, 7) is 1.92. The molecular formula is C15H13F3N4O. The zero-order valence-corrected chi connectivity index (χ0v) is 12.2. The van der Waals surface area contributed by atoms with Gasteiger partial charge >= 0.3 is 6.18 Å². The molecule has 0 saturated carbocycles. The van der Waals surface area contributed by atoms with Gasteiger partial charge in [0.15, 0.2) is 0 Å². The van der Waals surface area contributed by atoms with Crippen molar-refractivity contribution in [3.63, 3.8) is 0 Å². The zero-order valence-electron chi connectivity index (χ0n) is 12.2. The van der Waals surface area contributed by atoms with Crippen LogP contribution in [-0.4, -0.2) is 15.7 Å². The van der Waals surface area contributed by atoms with Crippen LogP contribution in [0.2, 0.25) is 0 Å². The van der Waals surface area contributed by atoms with Crippen molar-refractivity contribution < 1.29 is 18.0 Å². The first-order valence-corrected chi connectivity index (χ1v) is 6.72. The van der Waals surface area contributed by atoms with E-state index in [1.54, 1.807) is 6.92 Å². The van der Waals surface area contributed by atoms with Gasteiger partial charge in [-0.1, -0.05) is 12.1 Å². The van der Waals surface area contributed by atoms with Crippen LogP contribution in [0.4, 0.5) is 19.0 Å². The molecule has 2 rings (SSSR count). The summed E-state index contributed by atoms with van der Waals surface area (Å²) in [6, 6.07) is 8.03. The van der Waals surface area contributed by atoms with Crippen LogP contribution in [0.15, 0.2) is 30.3 Å². The predicted octanol–water partition coefficient (Wildman–Crippen LogP) is 3.38. The average Bonchev–Trinajstić information content (AvgIpc) is 2.84. The third-order valence-corrected chi connectivity index (χ3v) is 3.06. The highest BCUT2D eigenvalue weighted by Gasteiger charge is 2.35. The van der Waals surface area contributed by atoms with E-state index >= 15 is 0 Å². The number of benzene rings is 1. The Kier molecular flexibility index (Phi) is 4.69. The van der Waals surface area contributed by atoms with E-state index in [-0.39, 0.29) is 18.8 Å². The SMILES string of the molecule is Cc1cc(NC(=O)c2ccccc2C(F)(F)F)n(CCC#N)n1. The van der Waals surface area contributed by atoms with Gasteiger partial charge in [0, 0.05) is 6.07 Å². The number of rotatable bonds is 4.